The van der Waals surface area contributed by atoms with Crippen molar-refractivity contribution >= 4 is 11.7 Å². The lowest BCUT2D eigenvalue weighted by atomic mass is 10.2. The second kappa shape index (κ2) is 9.62. The van der Waals surface area contributed by atoms with Crippen molar-refractivity contribution < 1.29 is 4.79 Å². The Morgan fingerprint density at radius 3 is 2.58 bits per heavy atom. The lowest BCUT2D eigenvalue weighted by Gasteiger charge is -2.16. The largest absolute Gasteiger partial charge is 0.369 e. The molecule has 2 aromatic rings. The number of anilines is 1. The maximum atomic E-state index is 12.0. The van der Waals surface area contributed by atoms with Crippen molar-refractivity contribution in [3.05, 3.63) is 53.7 Å². The number of hydrogen-bond donors (Lipinski definition) is 2. The van der Waals surface area contributed by atoms with Gasteiger partial charge in [-0.15, -0.1) is 10.2 Å². The number of amides is 1. The van der Waals surface area contributed by atoms with E-state index in [2.05, 4.69) is 44.9 Å². The van der Waals surface area contributed by atoms with E-state index in [1.54, 1.807) is 12.1 Å². The van der Waals surface area contributed by atoms with Gasteiger partial charge in [-0.1, -0.05) is 30.3 Å². The highest BCUT2D eigenvalue weighted by Gasteiger charge is 2.07. The van der Waals surface area contributed by atoms with Gasteiger partial charge in [0, 0.05) is 19.6 Å². The Hall–Kier alpha value is -2.47. The van der Waals surface area contributed by atoms with E-state index in [-0.39, 0.29) is 5.91 Å². The van der Waals surface area contributed by atoms with Crippen molar-refractivity contribution in [2.75, 3.05) is 32.0 Å². The Balaban J connectivity index is 1.67. The molecule has 0 spiro atoms. The van der Waals surface area contributed by atoms with Gasteiger partial charge in [0.1, 0.15) is 5.82 Å². The highest BCUT2D eigenvalue weighted by Crippen LogP contribution is 2.03. The lowest BCUT2D eigenvalue weighted by molar-refractivity contribution is 0.0946. The molecule has 0 saturated carbocycles. The van der Waals surface area contributed by atoms with Crippen LogP contribution in [0.15, 0.2) is 42.5 Å². The average Bonchev–Trinajstić information content (AvgIpc) is 2.60. The van der Waals surface area contributed by atoms with Crippen LogP contribution in [0.5, 0.6) is 0 Å². The maximum absolute atomic E-state index is 12.0. The minimum atomic E-state index is -0.184. The van der Waals surface area contributed by atoms with Gasteiger partial charge < -0.3 is 15.5 Å². The molecular weight excluding hydrogens is 302 g/mol. The summed E-state index contributed by atoms with van der Waals surface area (Å²) in [7, 11) is 2.08. The monoisotopic (exact) mass is 327 g/mol. The Bertz CT molecular complexity index is 615. The number of benzene rings is 1. The third-order valence-corrected chi connectivity index (χ3v) is 3.55. The molecule has 128 valence electrons. The van der Waals surface area contributed by atoms with Crippen molar-refractivity contribution in [1.82, 2.24) is 20.4 Å². The number of aromatic nitrogens is 2. The minimum Gasteiger partial charge on any atom is -0.369 e. The van der Waals surface area contributed by atoms with E-state index in [1.165, 1.54) is 5.56 Å². The van der Waals surface area contributed by atoms with Crippen LogP contribution in [0.2, 0.25) is 0 Å². The smallest absolute Gasteiger partial charge is 0.271 e. The van der Waals surface area contributed by atoms with Crippen LogP contribution in [0.25, 0.3) is 0 Å². The molecule has 0 aliphatic carbocycles. The summed E-state index contributed by atoms with van der Waals surface area (Å²) in [5, 5.41) is 13.8. The topological polar surface area (TPSA) is 70.2 Å². The molecule has 0 fully saturated rings. The fourth-order valence-electron chi connectivity index (χ4n) is 2.34. The Kier molecular flexibility index (Phi) is 7.17. The summed E-state index contributed by atoms with van der Waals surface area (Å²) < 4.78 is 0. The van der Waals surface area contributed by atoms with E-state index in [0.29, 0.717) is 18.1 Å². The van der Waals surface area contributed by atoms with Crippen LogP contribution in [0, 0.1) is 0 Å². The molecule has 24 heavy (non-hydrogen) atoms. The van der Waals surface area contributed by atoms with Gasteiger partial charge in [-0.2, -0.15) is 0 Å². The van der Waals surface area contributed by atoms with Crippen molar-refractivity contribution in [3.8, 4) is 0 Å². The van der Waals surface area contributed by atoms with E-state index in [4.69, 9.17) is 0 Å². The molecule has 1 amide bonds. The van der Waals surface area contributed by atoms with E-state index in [0.717, 1.165) is 26.1 Å². The van der Waals surface area contributed by atoms with E-state index in [1.807, 2.05) is 25.1 Å². The maximum Gasteiger partial charge on any atom is 0.271 e. The second-order valence-corrected chi connectivity index (χ2v) is 5.67. The molecule has 0 bridgehead atoms. The number of hydrogen-bond acceptors (Lipinski definition) is 5. The first-order valence-corrected chi connectivity index (χ1v) is 8.27. The van der Waals surface area contributed by atoms with Gasteiger partial charge in [0.2, 0.25) is 0 Å². The van der Waals surface area contributed by atoms with Crippen LogP contribution >= 0.6 is 0 Å². The summed E-state index contributed by atoms with van der Waals surface area (Å²) in [6.45, 7) is 5.20. The zero-order valence-corrected chi connectivity index (χ0v) is 14.3. The van der Waals surface area contributed by atoms with Crippen molar-refractivity contribution in [2.45, 2.75) is 19.9 Å². The summed E-state index contributed by atoms with van der Waals surface area (Å²) in [5.41, 5.74) is 1.63. The molecule has 0 aliphatic heterocycles. The van der Waals surface area contributed by atoms with Gasteiger partial charge in [0.25, 0.3) is 5.91 Å². The summed E-state index contributed by atoms with van der Waals surface area (Å²) in [6.07, 6.45) is 0.887. The van der Waals surface area contributed by atoms with Crippen LogP contribution < -0.4 is 10.6 Å². The van der Waals surface area contributed by atoms with Crippen LogP contribution in [0.4, 0.5) is 5.82 Å². The fraction of sp³-hybridized carbons (Fsp3) is 0.389. The zero-order chi connectivity index (χ0) is 17.2. The molecule has 2 N–H and O–H groups in total. The van der Waals surface area contributed by atoms with Crippen molar-refractivity contribution in [3.63, 3.8) is 0 Å². The molecule has 0 unspecified atom stereocenters. The van der Waals surface area contributed by atoms with E-state index >= 15 is 0 Å². The number of nitrogens with zero attached hydrogens (tertiary/aromatic N) is 3. The normalized spacial score (nSPS) is 10.6. The molecule has 0 radical (unpaired) electrons. The van der Waals surface area contributed by atoms with Crippen molar-refractivity contribution in [1.29, 1.82) is 0 Å². The van der Waals surface area contributed by atoms with Gasteiger partial charge in [0.15, 0.2) is 5.69 Å². The van der Waals surface area contributed by atoms with Crippen molar-refractivity contribution in [2.24, 2.45) is 0 Å². The number of carbonyl (C=O) groups excluding carboxylic acids is 1. The molecule has 0 atom stereocenters. The molecular formula is C18H25N5O. The molecule has 0 saturated heterocycles. The first kappa shape index (κ1) is 17.9. The van der Waals surface area contributed by atoms with E-state index < -0.39 is 0 Å². The lowest BCUT2D eigenvalue weighted by Crippen LogP contribution is -2.28. The predicted octanol–water partition coefficient (Wildman–Crippen LogP) is 2.16. The van der Waals surface area contributed by atoms with Gasteiger partial charge in [-0.05, 0) is 44.6 Å². The standard InChI is InChI=1S/C18H25N5O/c1-3-19-17-11-10-16(21-22-17)18(24)20-12-7-13-23(2)14-15-8-5-4-6-9-15/h4-6,8-11H,3,7,12-14H2,1-2H3,(H,19,22)(H,20,24). The van der Waals surface area contributed by atoms with Crippen LogP contribution in [-0.2, 0) is 6.54 Å². The predicted molar refractivity (Wildman–Crippen MR) is 95.9 cm³/mol. The summed E-state index contributed by atoms with van der Waals surface area (Å²) in [5.74, 6) is 0.493. The molecule has 6 heteroatoms. The van der Waals surface area contributed by atoms with Crippen LogP contribution in [-0.4, -0.2) is 47.7 Å². The highest BCUT2D eigenvalue weighted by molar-refractivity contribution is 5.92. The van der Waals surface area contributed by atoms with Crippen LogP contribution in [0.1, 0.15) is 29.4 Å². The SMILES string of the molecule is CCNc1ccc(C(=O)NCCCN(C)Cc2ccccc2)nn1. The molecule has 1 heterocycles. The van der Waals surface area contributed by atoms with Crippen LogP contribution in [0.3, 0.4) is 0 Å². The first-order valence-electron chi connectivity index (χ1n) is 8.27. The van der Waals surface area contributed by atoms with Gasteiger partial charge in [-0.25, -0.2) is 0 Å². The molecule has 2 rings (SSSR count). The summed E-state index contributed by atoms with van der Waals surface area (Å²) in [6, 6.07) is 13.8. The number of rotatable bonds is 9. The molecule has 0 aliphatic rings. The second-order valence-electron chi connectivity index (χ2n) is 5.67. The van der Waals surface area contributed by atoms with Gasteiger partial charge in [-0.3, -0.25) is 4.79 Å². The Labute approximate surface area is 143 Å². The molecule has 1 aromatic heterocycles. The summed E-state index contributed by atoms with van der Waals surface area (Å²) >= 11 is 0. The zero-order valence-electron chi connectivity index (χ0n) is 14.3. The quantitative estimate of drug-likeness (QED) is 0.691. The highest BCUT2D eigenvalue weighted by atomic mass is 16.1. The fourth-order valence-corrected chi connectivity index (χ4v) is 2.34. The third kappa shape index (κ3) is 5.96. The molecule has 1 aromatic carbocycles. The third-order valence-electron chi connectivity index (χ3n) is 3.55. The van der Waals surface area contributed by atoms with Gasteiger partial charge in [0.05, 0.1) is 0 Å². The Morgan fingerprint density at radius 2 is 1.92 bits per heavy atom. The number of nitrogens with one attached hydrogen (secondary N) is 2. The van der Waals surface area contributed by atoms with Gasteiger partial charge >= 0.3 is 0 Å². The van der Waals surface area contributed by atoms with E-state index in [9.17, 15) is 4.79 Å². The first-order chi connectivity index (χ1) is 11.7. The number of carbonyl (C=O) groups is 1. The average molecular weight is 327 g/mol. The molecule has 6 nitrogen and oxygen atoms in total. The Morgan fingerprint density at radius 1 is 1.12 bits per heavy atom. The minimum absolute atomic E-state index is 0.184. The summed E-state index contributed by atoms with van der Waals surface area (Å²) in [4.78, 5) is 14.2.